The van der Waals surface area contributed by atoms with E-state index >= 15 is 0 Å². The fraction of sp³-hybridized carbons (Fsp3) is 0.588. The molecule has 0 spiro atoms. The highest BCUT2D eigenvalue weighted by Gasteiger charge is 2.35. The van der Waals surface area contributed by atoms with Gasteiger partial charge in [0.2, 0.25) is 5.91 Å². The maximum absolute atomic E-state index is 12.3. The maximum Gasteiger partial charge on any atom is 0.237 e. The third-order valence-corrected chi connectivity index (χ3v) is 4.81. The van der Waals surface area contributed by atoms with Gasteiger partial charge < -0.3 is 15.4 Å². The Labute approximate surface area is 138 Å². The normalized spacial score (nSPS) is 23.5. The van der Waals surface area contributed by atoms with Gasteiger partial charge in [0.15, 0.2) is 0 Å². The van der Waals surface area contributed by atoms with Gasteiger partial charge in [-0.3, -0.25) is 4.79 Å². The lowest BCUT2D eigenvalue weighted by Gasteiger charge is -2.38. The highest BCUT2D eigenvalue weighted by Crippen LogP contribution is 2.34. The summed E-state index contributed by atoms with van der Waals surface area (Å²) in [7, 11) is 0. The Bertz CT molecular complexity index is 469. The number of nitrogens with one attached hydrogen (secondary N) is 2. The molecular formula is C17H25ClN2O2. The molecule has 0 radical (unpaired) electrons. The molecule has 1 unspecified atom stereocenters. The number of amides is 1. The first-order chi connectivity index (χ1) is 10.3. The summed E-state index contributed by atoms with van der Waals surface area (Å²) in [4.78, 5) is 12.3. The van der Waals surface area contributed by atoms with Crippen LogP contribution in [0, 0.1) is 0 Å². The Morgan fingerprint density at radius 2 is 2.00 bits per heavy atom. The van der Waals surface area contributed by atoms with Gasteiger partial charge in [-0.1, -0.05) is 30.3 Å². The standard InChI is InChI=1S/C17H24N2O2.ClH/c20-16(15-7-4-10-18-15)19-13-17(8-11-21-12-9-17)14-5-2-1-3-6-14;/h1-3,5-6,15,18H,4,7-13H2,(H,19,20);1H. The number of carbonyl (C=O) groups excluding carboxylic acids is 1. The average molecular weight is 325 g/mol. The van der Waals surface area contributed by atoms with Crippen LogP contribution in [0.4, 0.5) is 0 Å². The van der Waals surface area contributed by atoms with Crippen LogP contribution < -0.4 is 10.6 Å². The molecule has 3 rings (SSSR count). The van der Waals surface area contributed by atoms with E-state index in [2.05, 4.69) is 34.9 Å². The molecule has 2 N–H and O–H groups in total. The predicted octanol–water partition coefficient (Wildman–Crippen LogP) is 2.02. The molecule has 1 amide bonds. The van der Waals surface area contributed by atoms with Crippen LogP contribution in [0.3, 0.4) is 0 Å². The van der Waals surface area contributed by atoms with E-state index in [9.17, 15) is 4.79 Å². The van der Waals surface area contributed by atoms with Gasteiger partial charge in [-0.15, -0.1) is 12.4 Å². The van der Waals surface area contributed by atoms with Crippen LogP contribution in [0.1, 0.15) is 31.2 Å². The quantitative estimate of drug-likeness (QED) is 0.891. The number of ether oxygens (including phenoxy) is 1. The second-order valence-electron chi connectivity index (χ2n) is 6.13. The summed E-state index contributed by atoms with van der Waals surface area (Å²) in [6.45, 7) is 3.20. The molecule has 0 bridgehead atoms. The lowest BCUT2D eigenvalue weighted by atomic mass is 9.74. The largest absolute Gasteiger partial charge is 0.381 e. The fourth-order valence-electron chi connectivity index (χ4n) is 3.41. The minimum Gasteiger partial charge on any atom is -0.381 e. The monoisotopic (exact) mass is 324 g/mol. The Balaban J connectivity index is 0.00000176. The van der Waals surface area contributed by atoms with Gasteiger partial charge in [0.1, 0.15) is 0 Å². The molecule has 0 saturated carbocycles. The second-order valence-corrected chi connectivity index (χ2v) is 6.13. The van der Waals surface area contributed by atoms with Gasteiger partial charge >= 0.3 is 0 Å². The van der Waals surface area contributed by atoms with Crippen molar-refractivity contribution in [2.24, 2.45) is 0 Å². The molecule has 22 heavy (non-hydrogen) atoms. The van der Waals surface area contributed by atoms with E-state index < -0.39 is 0 Å². The van der Waals surface area contributed by atoms with Gasteiger partial charge in [0.25, 0.3) is 0 Å². The fourth-order valence-corrected chi connectivity index (χ4v) is 3.41. The third-order valence-electron chi connectivity index (χ3n) is 4.81. The van der Waals surface area contributed by atoms with Crippen molar-refractivity contribution in [1.29, 1.82) is 0 Å². The lowest BCUT2D eigenvalue weighted by molar-refractivity contribution is -0.123. The number of benzene rings is 1. The van der Waals surface area contributed by atoms with Crippen LogP contribution in [0.15, 0.2) is 30.3 Å². The SMILES string of the molecule is Cl.O=C(NCC1(c2ccccc2)CCOCC1)C1CCCN1. The van der Waals surface area contributed by atoms with Crippen molar-refractivity contribution in [3.63, 3.8) is 0 Å². The van der Waals surface area contributed by atoms with Gasteiger partial charge in [0.05, 0.1) is 6.04 Å². The zero-order chi connectivity index (χ0) is 14.5. The molecule has 2 aliphatic rings. The summed E-state index contributed by atoms with van der Waals surface area (Å²) in [5, 5.41) is 6.44. The van der Waals surface area contributed by atoms with Crippen LogP contribution in [0.5, 0.6) is 0 Å². The van der Waals surface area contributed by atoms with Crippen LogP contribution in [-0.4, -0.2) is 38.3 Å². The zero-order valence-electron chi connectivity index (χ0n) is 12.8. The van der Waals surface area contributed by atoms with Crippen molar-refractivity contribution in [2.45, 2.75) is 37.1 Å². The maximum atomic E-state index is 12.3. The van der Waals surface area contributed by atoms with E-state index in [-0.39, 0.29) is 29.8 Å². The van der Waals surface area contributed by atoms with Gasteiger partial charge in [-0.25, -0.2) is 0 Å². The summed E-state index contributed by atoms with van der Waals surface area (Å²) in [6, 6.07) is 10.5. The van der Waals surface area contributed by atoms with E-state index in [1.54, 1.807) is 0 Å². The summed E-state index contributed by atoms with van der Waals surface area (Å²) in [5.74, 6) is 0.147. The van der Waals surface area contributed by atoms with Crippen LogP contribution in [0.2, 0.25) is 0 Å². The van der Waals surface area contributed by atoms with E-state index in [4.69, 9.17) is 4.74 Å². The van der Waals surface area contributed by atoms with E-state index in [1.165, 1.54) is 5.56 Å². The first-order valence-electron chi connectivity index (χ1n) is 7.95. The number of hydrogen-bond acceptors (Lipinski definition) is 3. The number of rotatable bonds is 4. The van der Waals surface area contributed by atoms with Crippen molar-refractivity contribution in [3.05, 3.63) is 35.9 Å². The molecule has 2 fully saturated rings. The molecule has 1 aromatic rings. The smallest absolute Gasteiger partial charge is 0.237 e. The molecule has 2 heterocycles. The topological polar surface area (TPSA) is 50.4 Å². The van der Waals surface area contributed by atoms with Crippen molar-refractivity contribution >= 4 is 18.3 Å². The Kier molecular flexibility index (Phi) is 6.24. The molecule has 5 heteroatoms. The van der Waals surface area contributed by atoms with Gasteiger partial charge in [-0.05, 0) is 37.8 Å². The number of carbonyl (C=O) groups is 1. The Morgan fingerprint density at radius 3 is 2.64 bits per heavy atom. The summed E-state index contributed by atoms with van der Waals surface area (Å²) >= 11 is 0. The predicted molar refractivity (Wildman–Crippen MR) is 89.5 cm³/mol. The molecule has 0 aliphatic carbocycles. The average Bonchev–Trinajstić information content (AvgIpc) is 3.09. The highest BCUT2D eigenvalue weighted by molar-refractivity contribution is 5.85. The van der Waals surface area contributed by atoms with Crippen molar-refractivity contribution in [1.82, 2.24) is 10.6 Å². The zero-order valence-corrected chi connectivity index (χ0v) is 13.7. The molecule has 1 aromatic carbocycles. The summed E-state index contributed by atoms with van der Waals surface area (Å²) in [6.07, 6.45) is 3.98. The molecule has 1 atom stereocenters. The van der Waals surface area contributed by atoms with Crippen LogP contribution in [-0.2, 0) is 14.9 Å². The summed E-state index contributed by atoms with van der Waals surface area (Å²) < 4.78 is 5.53. The Hall–Kier alpha value is -1.10. The van der Waals surface area contributed by atoms with Crippen molar-refractivity contribution in [2.75, 3.05) is 26.3 Å². The van der Waals surface area contributed by atoms with Crippen LogP contribution in [0.25, 0.3) is 0 Å². The molecule has 4 nitrogen and oxygen atoms in total. The van der Waals surface area contributed by atoms with Crippen molar-refractivity contribution in [3.8, 4) is 0 Å². The van der Waals surface area contributed by atoms with Gasteiger partial charge in [0, 0.05) is 25.2 Å². The molecular weight excluding hydrogens is 300 g/mol. The van der Waals surface area contributed by atoms with E-state index in [0.29, 0.717) is 6.54 Å². The summed E-state index contributed by atoms with van der Waals surface area (Å²) in [5.41, 5.74) is 1.33. The minimum atomic E-state index is -0.00216. The highest BCUT2D eigenvalue weighted by atomic mass is 35.5. The van der Waals surface area contributed by atoms with E-state index in [1.807, 2.05) is 6.07 Å². The third kappa shape index (κ3) is 3.80. The lowest BCUT2D eigenvalue weighted by Crippen LogP contribution is -2.48. The van der Waals surface area contributed by atoms with Gasteiger partial charge in [-0.2, -0.15) is 0 Å². The van der Waals surface area contributed by atoms with Crippen molar-refractivity contribution < 1.29 is 9.53 Å². The molecule has 2 aliphatic heterocycles. The minimum absolute atomic E-state index is 0. The molecule has 2 saturated heterocycles. The second kappa shape index (κ2) is 7.95. The number of halogens is 1. The van der Waals surface area contributed by atoms with E-state index in [0.717, 1.165) is 45.4 Å². The first-order valence-corrected chi connectivity index (χ1v) is 7.95. The molecule has 122 valence electrons. The first kappa shape index (κ1) is 17.3. The van der Waals surface area contributed by atoms with Crippen LogP contribution >= 0.6 is 12.4 Å². The number of hydrogen-bond donors (Lipinski definition) is 2. The Morgan fingerprint density at radius 1 is 1.27 bits per heavy atom. The molecule has 0 aromatic heterocycles.